The molecule has 1 saturated heterocycles. The zero-order chi connectivity index (χ0) is 22.8. The van der Waals surface area contributed by atoms with Crippen molar-refractivity contribution in [3.63, 3.8) is 0 Å². The lowest BCUT2D eigenvalue weighted by molar-refractivity contribution is 0.0192. The Morgan fingerprint density at radius 3 is 2.26 bits per heavy atom. The van der Waals surface area contributed by atoms with Crippen molar-refractivity contribution in [1.82, 2.24) is 14.2 Å². The highest BCUT2D eigenvalue weighted by Crippen LogP contribution is 2.24. The molecular formula is C23H31N3O4S. The Morgan fingerprint density at radius 2 is 1.68 bits per heavy atom. The molecule has 0 unspecified atom stereocenters. The molecule has 0 saturated carbocycles. The van der Waals surface area contributed by atoms with E-state index < -0.39 is 21.7 Å². The number of carbonyl (C=O) groups excluding carboxylic acids is 1. The highest BCUT2D eigenvalue weighted by atomic mass is 32.2. The first kappa shape index (κ1) is 23.2. The zero-order valence-electron chi connectivity index (χ0n) is 18.9. The Balaban J connectivity index is 1.77. The Bertz CT molecular complexity index is 1030. The summed E-state index contributed by atoms with van der Waals surface area (Å²) < 4.78 is 33.6. The van der Waals surface area contributed by atoms with Gasteiger partial charge in [0.2, 0.25) is 10.0 Å². The maximum absolute atomic E-state index is 13.4. The number of sulfonamides is 1. The van der Waals surface area contributed by atoms with E-state index in [0.29, 0.717) is 19.5 Å². The molecule has 0 aliphatic carbocycles. The summed E-state index contributed by atoms with van der Waals surface area (Å²) in [7, 11) is -3.73. The van der Waals surface area contributed by atoms with Crippen LogP contribution < -0.4 is 0 Å². The van der Waals surface area contributed by atoms with Crippen molar-refractivity contribution >= 4 is 16.1 Å². The van der Waals surface area contributed by atoms with Crippen molar-refractivity contribution in [2.24, 2.45) is 0 Å². The number of pyridine rings is 1. The summed E-state index contributed by atoms with van der Waals surface area (Å²) in [5.41, 5.74) is 3.49. The van der Waals surface area contributed by atoms with Crippen LogP contribution in [0.3, 0.4) is 0 Å². The van der Waals surface area contributed by atoms with Gasteiger partial charge in [0, 0.05) is 38.6 Å². The van der Waals surface area contributed by atoms with Gasteiger partial charge in [-0.25, -0.2) is 13.2 Å². The van der Waals surface area contributed by atoms with Crippen molar-refractivity contribution in [1.29, 1.82) is 0 Å². The van der Waals surface area contributed by atoms with Gasteiger partial charge < -0.3 is 9.64 Å². The van der Waals surface area contributed by atoms with Gasteiger partial charge in [-0.05, 0) is 58.2 Å². The third-order valence-corrected chi connectivity index (χ3v) is 7.02. The molecule has 0 N–H and O–H groups in total. The fourth-order valence-electron chi connectivity index (χ4n) is 3.75. The number of nitrogens with zero attached hydrogens (tertiary/aromatic N) is 3. The van der Waals surface area contributed by atoms with Crippen molar-refractivity contribution in [2.45, 2.75) is 51.5 Å². The Kier molecular flexibility index (Phi) is 6.71. The molecule has 3 rings (SSSR count). The maximum atomic E-state index is 13.4. The number of rotatable bonds is 4. The van der Waals surface area contributed by atoms with Gasteiger partial charge in [0.1, 0.15) is 10.5 Å². The molecule has 1 aromatic heterocycles. The molecular weight excluding hydrogens is 414 g/mol. The molecule has 8 heteroatoms. The van der Waals surface area contributed by atoms with Crippen molar-refractivity contribution in [3.05, 3.63) is 58.9 Å². The lowest BCUT2D eigenvalue weighted by atomic mass is 10.0. The first-order valence-corrected chi connectivity index (χ1v) is 11.9. The number of aromatic nitrogens is 1. The van der Waals surface area contributed by atoms with E-state index in [1.165, 1.54) is 10.5 Å². The SMILES string of the molecule is Cc1cc(C)cc(Cc2ccncc2S(=O)(=O)N2CCN(C(=O)OC(C)(C)C)CC2)c1. The van der Waals surface area contributed by atoms with Crippen LogP contribution in [0.15, 0.2) is 41.6 Å². The van der Waals surface area contributed by atoms with Gasteiger partial charge in [-0.2, -0.15) is 4.31 Å². The standard InChI is InChI=1S/C23H31N3O4S/c1-17-12-18(2)14-19(13-17)15-20-6-7-24-16-21(20)31(28,29)26-10-8-25(9-11-26)22(27)30-23(3,4)5/h6-7,12-14,16H,8-11,15H2,1-5H3. The number of benzene rings is 1. The summed E-state index contributed by atoms with van der Waals surface area (Å²) >= 11 is 0. The molecule has 0 bridgehead atoms. The first-order valence-electron chi connectivity index (χ1n) is 10.4. The number of hydrogen-bond acceptors (Lipinski definition) is 5. The second-order valence-corrected chi connectivity index (χ2v) is 10.9. The summed E-state index contributed by atoms with van der Waals surface area (Å²) in [6, 6.07) is 8.01. The molecule has 2 aromatic rings. The van der Waals surface area contributed by atoms with E-state index in [2.05, 4.69) is 23.2 Å². The second kappa shape index (κ2) is 8.96. The van der Waals surface area contributed by atoms with Gasteiger partial charge in [0.15, 0.2) is 0 Å². The molecule has 1 aliphatic heterocycles. The predicted molar refractivity (Wildman–Crippen MR) is 120 cm³/mol. The molecule has 0 radical (unpaired) electrons. The molecule has 7 nitrogen and oxygen atoms in total. The molecule has 2 heterocycles. The van der Waals surface area contributed by atoms with E-state index in [0.717, 1.165) is 22.3 Å². The molecule has 168 valence electrons. The summed E-state index contributed by atoms with van der Waals surface area (Å²) in [5, 5.41) is 0. The van der Waals surface area contributed by atoms with Crippen LogP contribution in [0.5, 0.6) is 0 Å². The van der Waals surface area contributed by atoms with Crippen LogP contribution in [0.2, 0.25) is 0 Å². The number of piperazine rings is 1. The zero-order valence-corrected chi connectivity index (χ0v) is 19.7. The van der Waals surface area contributed by atoms with E-state index in [1.807, 2.05) is 34.6 Å². The molecule has 0 atom stereocenters. The van der Waals surface area contributed by atoms with Gasteiger partial charge in [-0.15, -0.1) is 0 Å². The van der Waals surface area contributed by atoms with Crippen LogP contribution in [-0.4, -0.2) is 60.5 Å². The Morgan fingerprint density at radius 1 is 1.06 bits per heavy atom. The van der Waals surface area contributed by atoms with E-state index in [-0.39, 0.29) is 18.0 Å². The van der Waals surface area contributed by atoms with Crippen LogP contribution >= 0.6 is 0 Å². The molecule has 1 amide bonds. The predicted octanol–water partition coefficient (Wildman–Crippen LogP) is 3.53. The minimum atomic E-state index is -3.73. The van der Waals surface area contributed by atoms with Gasteiger partial charge in [-0.3, -0.25) is 4.98 Å². The van der Waals surface area contributed by atoms with E-state index in [1.54, 1.807) is 17.2 Å². The number of ether oxygens (including phenoxy) is 1. The molecule has 1 aromatic carbocycles. The topological polar surface area (TPSA) is 79.8 Å². The minimum Gasteiger partial charge on any atom is -0.444 e. The van der Waals surface area contributed by atoms with Crippen LogP contribution in [0.25, 0.3) is 0 Å². The highest BCUT2D eigenvalue weighted by Gasteiger charge is 2.33. The number of amides is 1. The van der Waals surface area contributed by atoms with Crippen LogP contribution in [0.4, 0.5) is 4.79 Å². The monoisotopic (exact) mass is 445 g/mol. The number of hydrogen-bond donors (Lipinski definition) is 0. The third kappa shape index (κ3) is 5.83. The average Bonchev–Trinajstić information content (AvgIpc) is 2.66. The number of carbonyl (C=O) groups is 1. The van der Waals surface area contributed by atoms with Gasteiger partial charge in [-0.1, -0.05) is 29.3 Å². The second-order valence-electron chi connectivity index (χ2n) is 9.03. The maximum Gasteiger partial charge on any atom is 0.410 e. The fraction of sp³-hybridized carbons (Fsp3) is 0.478. The van der Waals surface area contributed by atoms with Gasteiger partial charge in [0.05, 0.1) is 0 Å². The lowest BCUT2D eigenvalue weighted by Crippen LogP contribution is -2.51. The van der Waals surface area contributed by atoms with Crippen LogP contribution in [0, 0.1) is 13.8 Å². The normalized spacial score (nSPS) is 15.7. The van der Waals surface area contributed by atoms with Crippen LogP contribution in [-0.2, 0) is 21.2 Å². The van der Waals surface area contributed by atoms with Crippen LogP contribution in [0.1, 0.15) is 43.0 Å². The fourth-order valence-corrected chi connectivity index (χ4v) is 5.34. The first-order chi connectivity index (χ1) is 14.5. The van der Waals surface area contributed by atoms with Gasteiger partial charge >= 0.3 is 6.09 Å². The Hall–Kier alpha value is -2.45. The van der Waals surface area contributed by atoms with Crippen molar-refractivity contribution in [2.75, 3.05) is 26.2 Å². The van der Waals surface area contributed by atoms with Crippen molar-refractivity contribution < 1.29 is 17.9 Å². The molecule has 1 aliphatic rings. The minimum absolute atomic E-state index is 0.222. The van der Waals surface area contributed by atoms with E-state index >= 15 is 0 Å². The summed E-state index contributed by atoms with van der Waals surface area (Å²) in [4.78, 5) is 18.1. The smallest absolute Gasteiger partial charge is 0.410 e. The van der Waals surface area contributed by atoms with Crippen molar-refractivity contribution in [3.8, 4) is 0 Å². The third-order valence-electron chi connectivity index (χ3n) is 5.05. The average molecular weight is 446 g/mol. The number of aryl methyl sites for hydroxylation is 2. The molecule has 1 fully saturated rings. The lowest BCUT2D eigenvalue weighted by Gasteiger charge is -2.35. The molecule has 31 heavy (non-hydrogen) atoms. The van der Waals surface area contributed by atoms with E-state index in [9.17, 15) is 13.2 Å². The summed E-state index contributed by atoms with van der Waals surface area (Å²) in [6.07, 6.45) is 3.14. The highest BCUT2D eigenvalue weighted by molar-refractivity contribution is 7.89. The summed E-state index contributed by atoms with van der Waals surface area (Å²) in [6.45, 7) is 10.5. The van der Waals surface area contributed by atoms with Gasteiger partial charge in [0.25, 0.3) is 0 Å². The largest absolute Gasteiger partial charge is 0.444 e. The Labute approximate surface area is 185 Å². The quantitative estimate of drug-likeness (QED) is 0.719. The van der Waals surface area contributed by atoms with E-state index in [4.69, 9.17) is 4.74 Å². The summed E-state index contributed by atoms with van der Waals surface area (Å²) in [5.74, 6) is 0. The molecule has 0 spiro atoms.